The zero-order valence-corrected chi connectivity index (χ0v) is 18.1. The number of halogens is 4. The maximum absolute atomic E-state index is 14.0. The number of rotatable bonds is 3. The molecular weight excluding hydrogens is 455 g/mol. The van der Waals surface area contributed by atoms with E-state index in [0.717, 1.165) is 16.6 Å². The van der Waals surface area contributed by atoms with Crippen LogP contribution in [0, 0.1) is 11.3 Å². The van der Waals surface area contributed by atoms with Gasteiger partial charge in [0.05, 0.1) is 29.1 Å². The number of aromatic nitrogens is 2. The van der Waals surface area contributed by atoms with Crippen molar-refractivity contribution in [3.63, 3.8) is 0 Å². The van der Waals surface area contributed by atoms with Gasteiger partial charge in [0.15, 0.2) is 5.69 Å². The standard InChI is InChI=1S/C23H19ClF3N5O/c24-17-4-8-19(9-5-17)32-21(23(25,26)27)20(15-29-32)22(33)31-11-1-10-30(12-13-31)18-6-2-16(14-28)3-7-18/h2-9,15H,1,10-13H2. The Balaban J connectivity index is 1.57. The number of amides is 1. The molecule has 6 nitrogen and oxygen atoms in total. The summed E-state index contributed by atoms with van der Waals surface area (Å²) in [6, 6.07) is 14.9. The van der Waals surface area contributed by atoms with Crippen molar-refractivity contribution in [2.75, 3.05) is 31.1 Å². The van der Waals surface area contributed by atoms with Crippen molar-refractivity contribution < 1.29 is 18.0 Å². The van der Waals surface area contributed by atoms with Crippen LogP contribution in [0.3, 0.4) is 0 Å². The number of hydrogen-bond acceptors (Lipinski definition) is 4. The van der Waals surface area contributed by atoms with Gasteiger partial charge in [-0.15, -0.1) is 0 Å². The van der Waals surface area contributed by atoms with Gasteiger partial charge in [0.2, 0.25) is 0 Å². The minimum absolute atomic E-state index is 0.161. The summed E-state index contributed by atoms with van der Waals surface area (Å²) in [4.78, 5) is 16.6. The first-order chi connectivity index (χ1) is 15.8. The maximum Gasteiger partial charge on any atom is 0.434 e. The van der Waals surface area contributed by atoms with Crippen molar-refractivity contribution in [3.05, 3.63) is 76.6 Å². The Bertz CT molecular complexity index is 1180. The van der Waals surface area contributed by atoms with Crippen LogP contribution in [0.2, 0.25) is 5.02 Å². The Kier molecular flexibility index (Phi) is 6.29. The van der Waals surface area contributed by atoms with Crippen LogP contribution in [0.15, 0.2) is 54.7 Å². The van der Waals surface area contributed by atoms with Gasteiger partial charge < -0.3 is 9.80 Å². The zero-order valence-electron chi connectivity index (χ0n) is 17.4. The van der Waals surface area contributed by atoms with Crippen LogP contribution in [-0.2, 0) is 6.18 Å². The Morgan fingerprint density at radius 2 is 1.64 bits per heavy atom. The zero-order chi connectivity index (χ0) is 23.6. The van der Waals surface area contributed by atoms with E-state index in [4.69, 9.17) is 16.9 Å². The lowest BCUT2D eigenvalue weighted by atomic mass is 10.2. The molecule has 2 aromatic carbocycles. The van der Waals surface area contributed by atoms with E-state index < -0.39 is 23.3 Å². The number of hydrogen-bond donors (Lipinski definition) is 0. The molecule has 10 heteroatoms. The topological polar surface area (TPSA) is 65.2 Å². The fourth-order valence-corrected chi connectivity index (χ4v) is 3.98. The summed E-state index contributed by atoms with van der Waals surface area (Å²) >= 11 is 5.84. The summed E-state index contributed by atoms with van der Waals surface area (Å²) < 4.78 is 42.6. The molecule has 3 aromatic rings. The Labute approximate surface area is 193 Å². The van der Waals surface area contributed by atoms with Gasteiger partial charge >= 0.3 is 6.18 Å². The monoisotopic (exact) mass is 473 g/mol. The first kappa shape index (κ1) is 22.7. The van der Waals surface area contributed by atoms with Crippen molar-refractivity contribution in [2.45, 2.75) is 12.6 Å². The van der Waals surface area contributed by atoms with Crippen LogP contribution in [0.1, 0.15) is 28.0 Å². The summed E-state index contributed by atoms with van der Waals surface area (Å²) in [6.45, 7) is 1.70. The predicted octanol–water partition coefficient (Wildman–Crippen LogP) is 4.77. The van der Waals surface area contributed by atoms with Crippen LogP contribution in [-0.4, -0.2) is 46.8 Å². The van der Waals surface area contributed by atoms with Crippen LogP contribution in [0.25, 0.3) is 5.69 Å². The minimum Gasteiger partial charge on any atom is -0.370 e. The van der Waals surface area contributed by atoms with E-state index in [1.807, 2.05) is 12.1 Å². The molecule has 0 spiro atoms. The molecule has 1 fully saturated rings. The van der Waals surface area contributed by atoms with Crippen molar-refractivity contribution in [1.82, 2.24) is 14.7 Å². The van der Waals surface area contributed by atoms with Crippen LogP contribution in [0.5, 0.6) is 0 Å². The van der Waals surface area contributed by atoms with Gasteiger partial charge in [-0.25, -0.2) is 4.68 Å². The molecule has 0 unspecified atom stereocenters. The third-order valence-corrected chi connectivity index (χ3v) is 5.74. The largest absolute Gasteiger partial charge is 0.434 e. The molecule has 1 aliphatic heterocycles. The molecule has 170 valence electrons. The molecule has 0 radical (unpaired) electrons. The minimum atomic E-state index is -4.78. The molecule has 1 amide bonds. The predicted molar refractivity (Wildman–Crippen MR) is 117 cm³/mol. The molecule has 2 heterocycles. The van der Waals surface area contributed by atoms with Gasteiger partial charge in [0, 0.05) is 36.9 Å². The molecule has 0 aliphatic carbocycles. The molecule has 0 atom stereocenters. The first-order valence-electron chi connectivity index (χ1n) is 10.2. The van der Waals surface area contributed by atoms with E-state index in [1.165, 1.54) is 29.2 Å². The highest BCUT2D eigenvalue weighted by molar-refractivity contribution is 6.30. The van der Waals surface area contributed by atoms with Crippen molar-refractivity contribution in [3.8, 4) is 11.8 Å². The third-order valence-electron chi connectivity index (χ3n) is 5.48. The van der Waals surface area contributed by atoms with E-state index in [0.29, 0.717) is 36.6 Å². The number of alkyl halides is 3. The van der Waals surface area contributed by atoms with Crippen LogP contribution < -0.4 is 4.90 Å². The smallest absolute Gasteiger partial charge is 0.370 e. The molecule has 1 aromatic heterocycles. The number of nitriles is 1. The van der Waals surface area contributed by atoms with E-state index in [9.17, 15) is 18.0 Å². The molecule has 1 aliphatic rings. The summed E-state index contributed by atoms with van der Waals surface area (Å²) in [5.74, 6) is -0.704. The third kappa shape index (κ3) is 4.81. The van der Waals surface area contributed by atoms with Gasteiger partial charge in [0.1, 0.15) is 0 Å². The lowest BCUT2D eigenvalue weighted by molar-refractivity contribution is -0.143. The maximum atomic E-state index is 14.0. The van der Waals surface area contributed by atoms with Crippen LogP contribution >= 0.6 is 11.6 Å². The van der Waals surface area contributed by atoms with Gasteiger partial charge in [-0.1, -0.05) is 11.6 Å². The molecule has 4 rings (SSSR count). The SMILES string of the molecule is N#Cc1ccc(N2CCCN(C(=O)c3cnn(-c4ccc(Cl)cc4)c3C(F)(F)F)CC2)cc1. The number of benzene rings is 2. The fraction of sp³-hybridized carbons (Fsp3) is 0.261. The number of carbonyl (C=O) groups is 1. The van der Waals surface area contributed by atoms with E-state index >= 15 is 0 Å². The Hall–Kier alpha value is -3.51. The van der Waals surface area contributed by atoms with Gasteiger partial charge in [-0.3, -0.25) is 4.79 Å². The Morgan fingerprint density at radius 1 is 0.970 bits per heavy atom. The normalized spacial score (nSPS) is 14.6. The van der Waals surface area contributed by atoms with Crippen molar-refractivity contribution in [2.24, 2.45) is 0 Å². The van der Waals surface area contributed by atoms with E-state index in [1.54, 1.807) is 12.1 Å². The van der Waals surface area contributed by atoms with Crippen molar-refractivity contribution in [1.29, 1.82) is 5.26 Å². The number of nitrogens with zero attached hydrogens (tertiary/aromatic N) is 5. The van der Waals surface area contributed by atoms with Gasteiger partial charge in [-0.05, 0) is 55.0 Å². The quantitative estimate of drug-likeness (QED) is 0.549. The highest BCUT2D eigenvalue weighted by atomic mass is 35.5. The molecular formula is C23H19ClF3N5O. The fourth-order valence-electron chi connectivity index (χ4n) is 3.85. The second kappa shape index (κ2) is 9.16. The Morgan fingerprint density at radius 3 is 2.27 bits per heavy atom. The molecule has 0 saturated carbocycles. The number of carbonyl (C=O) groups excluding carboxylic acids is 1. The molecule has 1 saturated heterocycles. The van der Waals surface area contributed by atoms with Crippen LogP contribution in [0.4, 0.5) is 18.9 Å². The highest BCUT2D eigenvalue weighted by Gasteiger charge is 2.41. The summed E-state index contributed by atoms with van der Waals surface area (Å²) in [7, 11) is 0. The second-order valence-corrected chi connectivity index (χ2v) is 8.02. The lowest BCUT2D eigenvalue weighted by Crippen LogP contribution is -2.36. The first-order valence-corrected chi connectivity index (χ1v) is 10.6. The summed E-state index contributed by atoms with van der Waals surface area (Å²) in [6.07, 6.45) is -3.21. The number of anilines is 1. The average Bonchev–Trinajstić information content (AvgIpc) is 3.11. The molecule has 0 bridgehead atoms. The lowest BCUT2D eigenvalue weighted by Gasteiger charge is -2.24. The van der Waals surface area contributed by atoms with Gasteiger partial charge in [0.25, 0.3) is 5.91 Å². The summed E-state index contributed by atoms with van der Waals surface area (Å²) in [5, 5.41) is 13.2. The van der Waals surface area contributed by atoms with Gasteiger partial charge in [-0.2, -0.15) is 23.5 Å². The van der Waals surface area contributed by atoms with E-state index in [2.05, 4.69) is 16.1 Å². The van der Waals surface area contributed by atoms with Crippen molar-refractivity contribution >= 4 is 23.2 Å². The molecule has 0 N–H and O–H groups in total. The van der Waals surface area contributed by atoms with E-state index in [-0.39, 0.29) is 12.2 Å². The average molecular weight is 474 g/mol. The highest BCUT2D eigenvalue weighted by Crippen LogP contribution is 2.34. The summed E-state index contributed by atoms with van der Waals surface area (Å²) in [5.41, 5.74) is 0.0125. The molecule has 33 heavy (non-hydrogen) atoms. The second-order valence-electron chi connectivity index (χ2n) is 7.58.